The van der Waals surface area contributed by atoms with E-state index in [0.29, 0.717) is 34.9 Å². The van der Waals surface area contributed by atoms with E-state index in [0.717, 1.165) is 37.9 Å². The van der Waals surface area contributed by atoms with Crippen LogP contribution >= 0.6 is 0 Å². The number of fused-ring (bicyclic) bond motifs is 1. The number of nitrogens with one attached hydrogen (secondary N) is 3. The lowest BCUT2D eigenvalue weighted by Crippen LogP contribution is -2.34. The number of rotatable bonds is 7. The second-order valence-corrected chi connectivity index (χ2v) is 9.42. The first kappa shape index (κ1) is 29.9. The third kappa shape index (κ3) is 7.07. The monoisotopic (exact) mass is 551 g/mol. The molecule has 2 aliphatic heterocycles. The van der Waals surface area contributed by atoms with Gasteiger partial charge in [-0.25, -0.2) is 4.79 Å². The molecule has 0 saturated carbocycles. The molecular formula is C27H32F3N3O6. The zero-order chi connectivity index (χ0) is 28.6. The molecule has 0 spiro atoms. The number of carbonyl (C=O) groups excluding carboxylic acids is 2. The van der Waals surface area contributed by atoms with E-state index in [-0.39, 0.29) is 25.0 Å². The standard InChI is InChI=1S/C25H31N3O4.C2HF3O2/c1-26-24(31)20-13-18(23(30)28-12-9-17-7-10-27-11-8-17)14-21-22(20)32-16-25(21,15-29)19-5-3-2-4-6-19;3-2(4,5)1(6)7/h2-6,13-14,17,27,29H,7-12,15-16H2,1H3,(H,26,31)(H,28,30);(H,6,7)/t25-;/m1./s1. The van der Waals surface area contributed by atoms with Crippen molar-refractivity contribution in [1.82, 2.24) is 16.0 Å². The first-order valence-corrected chi connectivity index (χ1v) is 12.5. The van der Waals surface area contributed by atoms with Crippen LogP contribution in [0.4, 0.5) is 13.2 Å². The molecule has 0 aromatic heterocycles. The number of carbonyl (C=O) groups is 3. The maximum atomic E-state index is 13.0. The van der Waals surface area contributed by atoms with Gasteiger partial charge in [-0.05, 0) is 56.0 Å². The summed E-state index contributed by atoms with van der Waals surface area (Å²) in [4.78, 5) is 34.5. The Hall–Kier alpha value is -3.64. The molecule has 1 saturated heterocycles. The van der Waals surface area contributed by atoms with Crippen molar-refractivity contribution in [2.45, 2.75) is 30.9 Å². The van der Waals surface area contributed by atoms with Crippen molar-refractivity contribution < 1.29 is 42.5 Å². The lowest BCUT2D eigenvalue weighted by molar-refractivity contribution is -0.192. The maximum Gasteiger partial charge on any atom is 0.490 e. The zero-order valence-corrected chi connectivity index (χ0v) is 21.4. The Morgan fingerprint density at radius 3 is 2.31 bits per heavy atom. The van der Waals surface area contributed by atoms with E-state index in [2.05, 4.69) is 16.0 Å². The van der Waals surface area contributed by atoms with Gasteiger partial charge < -0.3 is 30.9 Å². The minimum atomic E-state index is -5.08. The lowest BCUT2D eigenvalue weighted by atomic mass is 9.76. The van der Waals surface area contributed by atoms with E-state index in [4.69, 9.17) is 14.6 Å². The number of amides is 2. The fraction of sp³-hybridized carbons (Fsp3) is 0.444. The summed E-state index contributed by atoms with van der Waals surface area (Å²) in [6.07, 6.45) is -1.89. The van der Waals surface area contributed by atoms with Crippen molar-refractivity contribution in [3.05, 3.63) is 64.7 Å². The van der Waals surface area contributed by atoms with Gasteiger partial charge in [-0.15, -0.1) is 0 Å². The number of piperidine rings is 1. The van der Waals surface area contributed by atoms with Gasteiger partial charge in [0.25, 0.3) is 11.8 Å². The van der Waals surface area contributed by atoms with Crippen molar-refractivity contribution in [1.29, 1.82) is 0 Å². The zero-order valence-electron chi connectivity index (χ0n) is 21.4. The summed E-state index contributed by atoms with van der Waals surface area (Å²) in [7, 11) is 1.55. The molecule has 0 radical (unpaired) electrons. The molecule has 4 rings (SSSR count). The summed E-state index contributed by atoms with van der Waals surface area (Å²) in [6, 6.07) is 12.9. The lowest BCUT2D eigenvalue weighted by Gasteiger charge is -2.26. The number of aliphatic hydroxyl groups excluding tert-OH is 1. The Kier molecular flexibility index (Phi) is 9.92. The summed E-state index contributed by atoms with van der Waals surface area (Å²) >= 11 is 0. The second-order valence-electron chi connectivity index (χ2n) is 9.42. The van der Waals surface area contributed by atoms with Crippen LogP contribution in [0.3, 0.4) is 0 Å². The minimum Gasteiger partial charge on any atom is -0.491 e. The van der Waals surface area contributed by atoms with Crippen molar-refractivity contribution in [2.24, 2.45) is 5.92 Å². The SMILES string of the molecule is CNC(=O)c1cc(C(=O)NCCC2CCNCC2)cc2c1OC[C@]2(CO)c1ccccc1.O=C(O)C(F)(F)F. The average Bonchev–Trinajstić information content (AvgIpc) is 3.32. The molecule has 0 aliphatic carbocycles. The number of hydrogen-bond donors (Lipinski definition) is 5. The molecule has 1 fully saturated rings. The Morgan fingerprint density at radius 2 is 1.74 bits per heavy atom. The number of hydrogen-bond acceptors (Lipinski definition) is 6. The van der Waals surface area contributed by atoms with E-state index in [1.165, 1.54) is 0 Å². The summed E-state index contributed by atoms with van der Waals surface area (Å²) in [5.41, 5.74) is 1.42. The quantitative estimate of drug-likeness (QED) is 0.357. The van der Waals surface area contributed by atoms with Crippen molar-refractivity contribution >= 4 is 17.8 Å². The van der Waals surface area contributed by atoms with Crippen LogP contribution in [0.5, 0.6) is 5.75 Å². The summed E-state index contributed by atoms with van der Waals surface area (Å²) < 4.78 is 37.7. The van der Waals surface area contributed by atoms with E-state index in [9.17, 15) is 27.9 Å². The molecule has 0 unspecified atom stereocenters. The van der Waals surface area contributed by atoms with E-state index in [1.54, 1.807) is 19.2 Å². The molecule has 39 heavy (non-hydrogen) atoms. The third-order valence-corrected chi connectivity index (χ3v) is 6.94. The molecule has 5 N–H and O–H groups in total. The van der Waals surface area contributed by atoms with Gasteiger partial charge in [0.05, 0.1) is 17.6 Å². The second kappa shape index (κ2) is 12.9. The molecule has 212 valence electrons. The highest BCUT2D eigenvalue weighted by atomic mass is 19.4. The highest BCUT2D eigenvalue weighted by molar-refractivity contribution is 6.02. The van der Waals surface area contributed by atoms with Gasteiger partial charge in [-0.2, -0.15) is 13.2 Å². The van der Waals surface area contributed by atoms with Gasteiger partial charge in [0.1, 0.15) is 12.4 Å². The van der Waals surface area contributed by atoms with Crippen LogP contribution in [0.2, 0.25) is 0 Å². The number of carboxylic acids is 1. The molecule has 0 bridgehead atoms. The Morgan fingerprint density at radius 1 is 1.10 bits per heavy atom. The molecule has 9 nitrogen and oxygen atoms in total. The number of halogens is 3. The Labute approximate surface area is 223 Å². The number of ether oxygens (including phenoxy) is 1. The highest BCUT2D eigenvalue weighted by Gasteiger charge is 2.44. The predicted molar refractivity (Wildman–Crippen MR) is 136 cm³/mol. The van der Waals surface area contributed by atoms with Gasteiger partial charge in [0.2, 0.25) is 0 Å². The Bertz CT molecular complexity index is 1170. The van der Waals surface area contributed by atoms with Crippen LogP contribution in [0.15, 0.2) is 42.5 Å². The average molecular weight is 552 g/mol. The number of aliphatic carboxylic acids is 1. The van der Waals surface area contributed by atoms with Crippen LogP contribution in [-0.2, 0) is 10.2 Å². The van der Waals surface area contributed by atoms with Crippen LogP contribution in [0.25, 0.3) is 0 Å². The highest BCUT2D eigenvalue weighted by Crippen LogP contribution is 2.45. The van der Waals surface area contributed by atoms with Gasteiger partial charge in [-0.3, -0.25) is 9.59 Å². The molecule has 2 heterocycles. The predicted octanol–water partition coefficient (Wildman–Crippen LogP) is 2.47. The summed E-state index contributed by atoms with van der Waals surface area (Å²) in [6.45, 7) is 2.66. The number of carboxylic acid groups (broad SMARTS) is 1. The summed E-state index contributed by atoms with van der Waals surface area (Å²) in [5, 5.41) is 26.6. The van der Waals surface area contributed by atoms with Crippen molar-refractivity contribution in [3.63, 3.8) is 0 Å². The number of alkyl halides is 3. The van der Waals surface area contributed by atoms with Crippen molar-refractivity contribution in [3.8, 4) is 5.75 Å². The molecule has 2 aromatic carbocycles. The fourth-order valence-corrected chi connectivity index (χ4v) is 4.73. The van der Waals surface area contributed by atoms with E-state index in [1.807, 2.05) is 30.3 Å². The maximum absolute atomic E-state index is 13.0. The van der Waals surface area contributed by atoms with Gasteiger partial charge >= 0.3 is 12.1 Å². The number of benzene rings is 2. The summed E-state index contributed by atoms with van der Waals surface area (Å²) in [5.74, 6) is -2.27. The fourth-order valence-electron chi connectivity index (χ4n) is 4.73. The normalized spacial score (nSPS) is 18.7. The van der Waals surface area contributed by atoms with Crippen LogP contribution in [-0.4, -0.2) is 74.1 Å². The smallest absolute Gasteiger partial charge is 0.490 e. The molecule has 2 aromatic rings. The third-order valence-electron chi connectivity index (χ3n) is 6.94. The molecule has 12 heteroatoms. The molecular weight excluding hydrogens is 519 g/mol. The first-order chi connectivity index (χ1) is 18.5. The van der Waals surface area contributed by atoms with Crippen LogP contribution in [0.1, 0.15) is 51.1 Å². The van der Waals surface area contributed by atoms with Crippen LogP contribution in [0, 0.1) is 5.92 Å². The largest absolute Gasteiger partial charge is 0.491 e. The minimum absolute atomic E-state index is 0.196. The van der Waals surface area contributed by atoms with Crippen molar-refractivity contribution in [2.75, 3.05) is 39.9 Å². The van der Waals surface area contributed by atoms with E-state index >= 15 is 0 Å². The Balaban J connectivity index is 0.000000532. The molecule has 2 aliphatic rings. The molecule has 1 atom stereocenters. The first-order valence-electron chi connectivity index (χ1n) is 12.5. The van der Waals surface area contributed by atoms with Gasteiger partial charge in [-0.1, -0.05) is 30.3 Å². The van der Waals surface area contributed by atoms with Gasteiger partial charge in [0.15, 0.2) is 0 Å². The van der Waals surface area contributed by atoms with Crippen LogP contribution < -0.4 is 20.7 Å². The molecule has 2 amide bonds. The topological polar surface area (TPSA) is 137 Å². The van der Waals surface area contributed by atoms with Gasteiger partial charge in [0, 0.05) is 24.7 Å². The number of aliphatic hydroxyl groups is 1. The van der Waals surface area contributed by atoms with E-state index < -0.39 is 17.6 Å².